The van der Waals surface area contributed by atoms with E-state index >= 15 is 0 Å². The Kier molecular flexibility index (Phi) is 6.44. The number of halogens is 1. The monoisotopic (exact) mass is 483 g/mol. The molecule has 0 radical (unpaired) electrons. The second-order valence-corrected chi connectivity index (χ2v) is 9.36. The summed E-state index contributed by atoms with van der Waals surface area (Å²) in [5, 5.41) is 3.64. The molecule has 2 aliphatic heterocycles. The first-order valence-electron chi connectivity index (χ1n) is 11.5. The van der Waals surface area contributed by atoms with Crippen LogP contribution in [0.1, 0.15) is 37.7 Å². The Morgan fingerprint density at radius 3 is 2.65 bits per heavy atom. The number of hydrogen-bond donors (Lipinski definition) is 1. The summed E-state index contributed by atoms with van der Waals surface area (Å²) >= 11 is 6.31. The normalized spacial score (nSPS) is 24.0. The molecule has 10 heteroatoms. The van der Waals surface area contributed by atoms with E-state index in [2.05, 4.69) is 20.1 Å². The molecule has 5 rings (SSSR count). The number of amides is 1. The second-order valence-electron chi connectivity index (χ2n) is 8.95. The fourth-order valence-corrected chi connectivity index (χ4v) is 4.81. The van der Waals surface area contributed by atoms with Crippen molar-refractivity contribution < 1.29 is 19.0 Å². The van der Waals surface area contributed by atoms with E-state index in [1.807, 2.05) is 11.8 Å². The van der Waals surface area contributed by atoms with Gasteiger partial charge in [-0.3, -0.25) is 4.90 Å². The van der Waals surface area contributed by atoms with Crippen molar-refractivity contribution in [3.8, 4) is 5.88 Å². The van der Waals surface area contributed by atoms with Gasteiger partial charge in [0, 0.05) is 12.8 Å². The molecular formula is C24H26ClN5O4. The summed E-state index contributed by atoms with van der Waals surface area (Å²) in [6.07, 6.45) is 5.49. The molecule has 2 bridgehead atoms. The van der Waals surface area contributed by atoms with Gasteiger partial charge in [0.15, 0.2) is 5.69 Å². The van der Waals surface area contributed by atoms with Gasteiger partial charge in [-0.25, -0.2) is 19.6 Å². The number of rotatable bonds is 5. The highest BCUT2D eigenvalue weighted by Crippen LogP contribution is 2.35. The van der Waals surface area contributed by atoms with Crippen LogP contribution < -0.4 is 10.1 Å². The molecule has 2 atom stereocenters. The lowest BCUT2D eigenvalue weighted by molar-refractivity contribution is -0.0984. The SMILES string of the molecule is [C-]#[N+]c1ccc(Nc2ncnc(OC3CC4COCC(C3)N4C(=O)OC3CCC3)c2C)c(Cl)c1. The molecule has 1 aromatic heterocycles. The Bertz CT molecular complexity index is 1110. The van der Waals surface area contributed by atoms with Gasteiger partial charge in [0.05, 0.1) is 48.1 Å². The van der Waals surface area contributed by atoms with Gasteiger partial charge >= 0.3 is 6.09 Å². The molecule has 2 saturated heterocycles. The minimum absolute atomic E-state index is 0.0591. The van der Waals surface area contributed by atoms with Crippen molar-refractivity contribution in [3.05, 3.63) is 46.5 Å². The van der Waals surface area contributed by atoms with Gasteiger partial charge in [-0.2, -0.15) is 0 Å². The minimum atomic E-state index is -0.229. The molecule has 0 spiro atoms. The van der Waals surface area contributed by atoms with E-state index in [1.54, 1.807) is 18.2 Å². The smallest absolute Gasteiger partial charge is 0.410 e. The number of aromatic nitrogens is 2. The molecule has 1 aliphatic carbocycles. The standard InChI is InChI=1S/C24H26ClN5O4/c1-14-22(29-21-7-6-15(26-2)8-20(21)25)27-13-28-23(14)33-19-9-16-11-32-12-17(10-19)30(16)24(31)34-18-4-3-5-18/h6-8,13,16-19H,3-5,9-12H2,1H3,(H,27,28,29). The number of benzene rings is 1. The summed E-state index contributed by atoms with van der Waals surface area (Å²) in [6, 6.07) is 4.89. The maximum absolute atomic E-state index is 12.8. The van der Waals surface area contributed by atoms with Gasteiger partial charge in [-0.05, 0) is 38.3 Å². The highest BCUT2D eigenvalue weighted by molar-refractivity contribution is 6.33. The Morgan fingerprint density at radius 2 is 2.00 bits per heavy atom. The van der Waals surface area contributed by atoms with E-state index in [9.17, 15) is 4.79 Å². The van der Waals surface area contributed by atoms with Gasteiger partial charge in [0.1, 0.15) is 24.4 Å². The van der Waals surface area contributed by atoms with Gasteiger partial charge < -0.3 is 19.5 Å². The molecule has 3 heterocycles. The van der Waals surface area contributed by atoms with Crippen molar-refractivity contribution >= 4 is 34.9 Å². The lowest BCUT2D eigenvalue weighted by Crippen LogP contribution is -2.61. The molecule has 1 saturated carbocycles. The van der Waals surface area contributed by atoms with Crippen molar-refractivity contribution in [1.82, 2.24) is 14.9 Å². The van der Waals surface area contributed by atoms with Gasteiger partial charge in [-0.15, -0.1) is 0 Å². The zero-order valence-electron chi connectivity index (χ0n) is 18.9. The topological polar surface area (TPSA) is 90.2 Å². The fourth-order valence-electron chi connectivity index (χ4n) is 4.59. The molecule has 3 aliphatic rings. The predicted octanol–water partition coefficient (Wildman–Crippen LogP) is 5.03. The first-order chi connectivity index (χ1) is 16.5. The average molecular weight is 484 g/mol. The zero-order chi connectivity index (χ0) is 23.7. The Labute approximate surface area is 203 Å². The summed E-state index contributed by atoms with van der Waals surface area (Å²) < 4.78 is 17.7. The Hall–Kier alpha value is -3.09. The molecule has 2 aromatic rings. The number of fused-ring (bicyclic) bond motifs is 2. The molecule has 2 unspecified atom stereocenters. The maximum atomic E-state index is 12.8. The summed E-state index contributed by atoms with van der Waals surface area (Å²) in [7, 11) is 0. The maximum Gasteiger partial charge on any atom is 0.410 e. The summed E-state index contributed by atoms with van der Waals surface area (Å²) in [5.41, 5.74) is 1.87. The minimum Gasteiger partial charge on any atom is -0.474 e. The third-order valence-electron chi connectivity index (χ3n) is 6.66. The van der Waals surface area contributed by atoms with E-state index in [-0.39, 0.29) is 30.4 Å². The molecule has 9 nitrogen and oxygen atoms in total. The van der Waals surface area contributed by atoms with Crippen LogP contribution in [0.3, 0.4) is 0 Å². The van der Waals surface area contributed by atoms with Crippen molar-refractivity contribution in [2.45, 2.75) is 63.3 Å². The van der Waals surface area contributed by atoms with Crippen LogP contribution in [-0.4, -0.2) is 58.5 Å². The Morgan fingerprint density at radius 1 is 1.24 bits per heavy atom. The number of nitrogens with zero attached hydrogens (tertiary/aromatic N) is 4. The van der Waals surface area contributed by atoms with Crippen LogP contribution in [0.2, 0.25) is 5.02 Å². The number of hydrogen-bond acceptors (Lipinski definition) is 7. The number of morpholine rings is 1. The lowest BCUT2D eigenvalue weighted by atomic mass is 9.92. The van der Waals surface area contributed by atoms with Crippen LogP contribution in [-0.2, 0) is 9.47 Å². The molecular weight excluding hydrogens is 458 g/mol. The van der Waals surface area contributed by atoms with E-state index in [0.29, 0.717) is 54.2 Å². The highest BCUT2D eigenvalue weighted by Gasteiger charge is 2.44. The van der Waals surface area contributed by atoms with Crippen molar-refractivity contribution in [1.29, 1.82) is 0 Å². The third kappa shape index (κ3) is 4.61. The van der Waals surface area contributed by atoms with Crippen LogP contribution in [0, 0.1) is 13.5 Å². The van der Waals surface area contributed by atoms with Crippen molar-refractivity contribution in [2.24, 2.45) is 0 Å². The first kappa shape index (κ1) is 22.7. The predicted molar refractivity (Wildman–Crippen MR) is 126 cm³/mol. The van der Waals surface area contributed by atoms with Crippen molar-refractivity contribution in [2.75, 3.05) is 18.5 Å². The van der Waals surface area contributed by atoms with E-state index in [4.69, 9.17) is 32.4 Å². The largest absolute Gasteiger partial charge is 0.474 e. The van der Waals surface area contributed by atoms with Crippen molar-refractivity contribution in [3.63, 3.8) is 0 Å². The van der Waals surface area contributed by atoms with Gasteiger partial charge in [-0.1, -0.05) is 17.7 Å². The molecule has 178 valence electrons. The number of anilines is 2. The summed E-state index contributed by atoms with van der Waals surface area (Å²) in [4.78, 5) is 26.7. The zero-order valence-corrected chi connectivity index (χ0v) is 19.6. The van der Waals surface area contributed by atoms with Gasteiger partial charge in [0.25, 0.3) is 0 Å². The number of nitrogens with one attached hydrogen (secondary N) is 1. The molecule has 1 amide bonds. The van der Waals surface area contributed by atoms with Crippen LogP contribution in [0.4, 0.5) is 22.0 Å². The second kappa shape index (κ2) is 9.65. The lowest BCUT2D eigenvalue weighted by Gasteiger charge is -2.47. The number of carbonyl (C=O) groups excluding carboxylic acids is 1. The molecule has 3 fully saturated rings. The van der Waals surface area contributed by atoms with E-state index < -0.39 is 0 Å². The van der Waals surface area contributed by atoms with Crippen LogP contribution in [0.5, 0.6) is 5.88 Å². The number of carbonyl (C=O) groups is 1. The number of ether oxygens (including phenoxy) is 3. The molecule has 1 N–H and O–H groups in total. The van der Waals surface area contributed by atoms with Crippen LogP contribution in [0.15, 0.2) is 24.5 Å². The first-order valence-corrected chi connectivity index (χ1v) is 11.9. The quantitative estimate of drug-likeness (QED) is 0.596. The van der Waals surface area contributed by atoms with Crippen LogP contribution >= 0.6 is 11.6 Å². The molecule has 1 aromatic carbocycles. The van der Waals surface area contributed by atoms with Crippen LogP contribution in [0.25, 0.3) is 4.85 Å². The average Bonchev–Trinajstić information content (AvgIpc) is 2.79. The summed E-state index contributed by atoms with van der Waals surface area (Å²) in [5.74, 6) is 1.06. The van der Waals surface area contributed by atoms with E-state index in [0.717, 1.165) is 24.8 Å². The fraction of sp³-hybridized carbons (Fsp3) is 0.500. The summed E-state index contributed by atoms with van der Waals surface area (Å²) in [6.45, 7) is 9.95. The number of piperidine rings is 1. The Balaban J connectivity index is 1.27. The van der Waals surface area contributed by atoms with E-state index in [1.165, 1.54) is 6.33 Å². The molecule has 34 heavy (non-hydrogen) atoms. The highest BCUT2D eigenvalue weighted by atomic mass is 35.5. The third-order valence-corrected chi connectivity index (χ3v) is 6.97. The van der Waals surface area contributed by atoms with Gasteiger partial charge in [0.2, 0.25) is 5.88 Å².